The highest BCUT2D eigenvalue weighted by Gasteiger charge is 2.11. The number of hydrogen-bond acceptors (Lipinski definition) is 3. The second kappa shape index (κ2) is 4.81. The molecule has 0 unspecified atom stereocenters. The summed E-state index contributed by atoms with van der Waals surface area (Å²) < 4.78 is 11.4. The van der Waals surface area contributed by atoms with Crippen LogP contribution < -0.4 is 0 Å². The van der Waals surface area contributed by atoms with Crippen molar-refractivity contribution in [2.24, 2.45) is 7.05 Å². The van der Waals surface area contributed by atoms with Gasteiger partial charge in [0.05, 0.1) is 13.7 Å². The molecule has 0 radical (unpaired) electrons. The van der Waals surface area contributed by atoms with Gasteiger partial charge in [-0.1, -0.05) is 0 Å². The fraction of sp³-hybridized carbons (Fsp3) is 0.500. The van der Waals surface area contributed by atoms with E-state index < -0.39 is 0 Å². The quantitative estimate of drug-likeness (QED) is 0.676. The zero-order valence-corrected chi connectivity index (χ0v) is 8.74. The first kappa shape index (κ1) is 10.8. The smallest absolute Gasteiger partial charge is 0.354 e. The molecule has 0 saturated carbocycles. The molecule has 4 nitrogen and oxygen atoms in total. The zero-order chi connectivity index (χ0) is 10.6. The minimum absolute atomic E-state index is 0.309. The van der Waals surface area contributed by atoms with E-state index in [4.69, 9.17) is 4.74 Å². The Balaban J connectivity index is 2.80. The number of nitrogens with zero attached hydrogens (tertiary/aromatic N) is 1. The van der Waals surface area contributed by atoms with Crippen molar-refractivity contribution in [1.82, 2.24) is 4.57 Å². The lowest BCUT2D eigenvalue weighted by atomic mass is 10.3. The van der Waals surface area contributed by atoms with Gasteiger partial charge in [0, 0.05) is 26.3 Å². The topological polar surface area (TPSA) is 40.5 Å². The van der Waals surface area contributed by atoms with Crippen LogP contribution >= 0.6 is 0 Å². The largest absolute Gasteiger partial charge is 0.464 e. The molecule has 1 aromatic rings. The summed E-state index contributed by atoms with van der Waals surface area (Å²) in [5, 5.41) is 0. The maximum atomic E-state index is 11.2. The van der Waals surface area contributed by atoms with Crippen molar-refractivity contribution >= 4 is 5.97 Å². The maximum absolute atomic E-state index is 11.2. The van der Waals surface area contributed by atoms with E-state index in [1.54, 1.807) is 13.2 Å². The SMILES string of the molecule is COCCc1ccc(C(=O)OC)n1C. The summed E-state index contributed by atoms with van der Waals surface area (Å²) in [6, 6.07) is 3.67. The van der Waals surface area contributed by atoms with Gasteiger partial charge in [0.15, 0.2) is 0 Å². The summed E-state index contributed by atoms with van der Waals surface area (Å²) in [6.45, 7) is 0.651. The van der Waals surface area contributed by atoms with Gasteiger partial charge in [-0.05, 0) is 12.1 Å². The summed E-state index contributed by atoms with van der Waals surface area (Å²) in [4.78, 5) is 11.2. The molecule has 78 valence electrons. The van der Waals surface area contributed by atoms with Crippen LogP contribution in [0.15, 0.2) is 12.1 Å². The van der Waals surface area contributed by atoms with E-state index in [9.17, 15) is 4.79 Å². The van der Waals surface area contributed by atoms with Crippen LogP contribution in [-0.2, 0) is 22.9 Å². The molecule has 0 bridgehead atoms. The number of ether oxygens (including phenoxy) is 2. The summed E-state index contributed by atoms with van der Waals surface area (Å²) in [5.74, 6) is -0.309. The zero-order valence-electron chi connectivity index (χ0n) is 8.74. The van der Waals surface area contributed by atoms with Crippen molar-refractivity contribution in [1.29, 1.82) is 0 Å². The summed E-state index contributed by atoms with van der Waals surface area (Å²) in [5.41, 5.74) is 1.63. The van der Waals surface area contributed by atoms with Crippen LogP contribution in [0, 0.1) is 0 Å². The first-order valence-electron chi connectivity index (χ1n) is 4.42. The molecule has 14 heavy (non-hydrogen) atoms. The minimum atomic E-state index is -0.309. The van der Waals surface area contributed by atoms with Crippen molar-refractivity contribution in [2.45, 2.75) is 6.42 Å². The number of esters is 1. The highest BCUT2D eigenvalue weighted by molar-refractivity contribution is 5.87. The Morgan fingerprint density at radius 3 is 2.71 bits per heavy atom. The molecule has 0 aliphatic rings. The van der Waals surface area contributed by atoms with Crippen LogP contribution in [0.4, 0.5) is 0 Å². The first-order valence-corrected chi connectivity index (χ1v) is 4.42. The Morgan fingerprint density at radius 1 is 1.43 bits per heavy atom. The lowest BCUT2D eigenvalue weighted by Crippen LogP contribution is -2.10. The Morgan fingerprint density at radius 2 is 2.14 bits per heavy atom. The average molecular weight is 197 g/mol. The van der Waals surface area contributed by atoms with Gasteiger partial charge in [-0.3, -0.25) is 0 Å². The van der Waals surface area contributed by atoms with Gasteiger partial charge >= 0.3 is 5.97 Å². The van der Waals surface area contributed by atoms with Crippen molar-refractivity contribution < 1.29 is 14.3 Å². The van der Waals surface area contributed by atoms with E-state index in [0.717, 1.165) is 12.1 Å². The highest BCUT2D eigenvalue weighted by atomic mass is 16.5. The molecule has 0 aliphatic carbocycles. The number of hydrogen-bond donors (Lipinski definition) is 0. The second-order valence-corrected chi connectivity index (χ2v) is 3.00. The predicted molar refractivity (Wildman–Crippen MR) is 52.3 cm³/mol. The van der Waals surface area contributed by atoms with Crippen LogP contribution in [0.5, 0.6) is 0 Å². The molecule has 1 rings (SSSR count). The van der Waals surface area contributed by atoms with Gasteiger partial charge in [-0.2, -0.15) is 0 Å². The monoisotopic (exact) mass is 197 g/mol. The third-order valence-corrected chi connectivity index (χ3v) is 2.18. The minimum Gasteiger partial charge on any atom is -0.464 e. The number of methoxy groups -OCH3 is 2. The van der Waals surface area contributed by atoms with Crippen LogP contribution in [0.2, 0.25) is 0 Å². The lowest BCUT2D eigenvalue weighted by molar-refractivity contribution is 0.0589. The molecule has 0 aromatic carbocycles. The van der Waals surface area contributed by atoms with Gasteiger partial charge in [-0.25, -0.2) is 4.79 Å². The number of rotatable bonds is 4. The van der Waals surface area contributed by atoms with Crippen LogP contribution in [-0.4, -0.2) is 31.4 Å². The summed E-state index contributed by atoms with van der Waals surface area (Å²) >= 11 is 0. The molecule has 0 spiro atoms. The average Bonchev–Trinajstić information content (AvgIpc) is 2.56. The Kier molecular flexibility index (Phi) is 3.71. The van der Waals surface area contributed by atoms with Gasteiger partial charge in [0.2, 0.25) is 0 Å². The number of carbonyl (C=O) groups excluding carboxylic acids is 1. The van der Waals surface area contributed by atoms with Crippen LogP contribution in [0.3, 0.4) is 0 Å². The van der Waals surface area contributed by atoms with Gasteiger partial charge in [0.25, 0.3) is 0 Å². The van der Waals surface area contributed by atoms with E-state index in [0.29, 0.717) is 12.3 Å². The van der Waals surface area contributed by atoms with Crippen LogP contribution in [0.1, 0.15) is 16.2 Å². The normalized spacial score (nSPS) is 10.2. The van der Waals surface area contributed by atoms with Crippen LogP contribution in [0.25, 0.3) is 0 Å². The standard InChI is InChI=1S/C10H15NO3/c1-11-8(6-7-13-2)4-5-9(11)10(12)14-3/h4-5H,6-7H2,1-3H3. The molecule has 0 amide bonds. The molecule has 0 fully saturated rings. The maximum Gasteiger partial charge on any atom is 0.354 e. The molecular formula is C10H15NO3. The molecule has 1 heterocycles. The molecule has 0 saturated heterocycles. The van der Waals surface area contributed by atoms with Crippen molar-refractivity contribution in [2.75, 3.05) is 20.8 Å². The Labute approximate surface area is 83.4 Å². The van der Waals surface area contributed by atoms with E-state index in [2.05, 4.69) is 4.74 Å². The lowest BCUT2D eigenvalue weighted by Gasteiger charge is -2.05. The second-order valence-electron chi connectivity index (χ2n) is 3.00. The summed E-state index contributed by atoms with van der Waals surface area (Å²) in [7, 11) is 4.88. The Hall–Kier alpha value is -1.29. The number of aromatic nitrogens is 1. The first-order chi connectivity index (χ1) is 6.70. The number of carbonyl (C=O) groups is 1. The predicted octanol–water partition coefficient (Wildman–Crippen LogP) is 1.00. The molecule has 0 aliphatic heterocycles. The van der Waals surface area contributed by atoms with Crippen molar-refractivity contribution in [3.63, 3.8) is 0 Å². The van der Waals surface area contributed by atoms with E-state index >= 15 is 0 Å². The van der Waals surface area contributed by atoms with E-state index in [-0.39, 0.29) is 5.97 Å². The van der Waals surface area contributed by atoms with E-state index in [1.807, 2.05) is 17.7 Å². The third-order valence-electron chi connectivity index (χ3n) is 2.18. The van der Waals surface area contributed by atoms with E-state index in [1.165, 1.54) is 7.11 Å². The van der Waals surface area contributed by atoms with Crippen molar-refractivity contribution in [3.05, 3.63) is 23.5 Å². The molecule has 1 aromatic heterocycles. The van der Waals surface area contributed by atoms with Crippen molar-refractivity contribution in [3.8, 4) is 0 Å². The third kappa shape index (κ3) is 2.14. The summed E-state index contributed by atoms with van der Waals surface area (Å²) in [6.07, 6.45) is 0.796. The fourth-order valence-electron chi connectivity index (χ4n) is 1.32. The molecule has 4 heteroatoms. The van der Waals surface area contributed by atoms with Gasteiger partial charge in [0.1, 0.15) is 5.69 Å². The molecule has 0 N–H and O–H groups in total. The molecular weight excluding hydrogens is 182 g/mol. The van der Waals surface area contributed by atoms with Gasteiger partial charge < -0.3 is 14.0 Å². The van der Waals surface area contributed by atoms with Gasteiger partial charge in [-0.15, -0.1) is 0 Å². The Bertz CT molecular complexity index is 317. The molecule has 0 atom stereocenters. The highest BCUT2D eigenvalue weighted by Crippen LogP contribution is 2.09. The fourth-order valence-corrected chi connectivity index (χ4v) is 1.32.